The summed E-state index contributed by atoms with van der Waals surface area (Å²) in [5.41, 5.74) is -0.785. The number of hydrogen-bond acceptors (Lipinski definition) is 8. The topological polar surface area (TPSA) is 107 Å². The first kappa shape index (κ1) is 28.4. The van der Waals surface area contributed by atoms with E-state index in [-0.39, 0.29) is 26.5 Å². The maximum absolute atomic E-state index is 14.4. The molecule has 1 atom stereocenters. The van der Waals surface area contributed by atoms with Gasteiger partial charge in [-0.25, -0.2) is 27.2 Å². The Morgan fingerprint density at radius 1 is 1.00 bits per heavy atom. The van der Waals surface area contributed by atoms with Gasteiger partial charge in [0, 0.05) is 23.9 Å². The predicted molar refractivity (Wildman–Crippen MR) is 136 cm³/mol. The Hall–Kier alpha value is -4.11. The number of alkyl halides is 3. The number of sulfone groups is 1. The fourth-order valence-electron chi connectivity index (χ4n) is 3.62. The molecule has 2 heterocycles. The summed E-state index contributed by atoms with van der Waals surface area (Å²) >= 11 is 0.820. The van der Waals surface area contributed by atoms with Crippen molar-refractivity contribution in [2.75, 3.05) is 5.32 Å². The van der Waals surface area contributed by atoms with Gasteiger partial charge in [-0.2, -0.15) is 13.2 Å². The Morgan fingerprint density at radius 3 is 2.34 bits per heavy atom. The third-order valence-electron chi connectivity index (χ3n) is 5.83. The first-order valence-corrected chi connectivity index (χ1v) is 14.2. The van der Waals surface area contributed by atoms with Crippen molar-refractivity contribution in [3.8, 4) is 16.7 Å². The van der Waals surface area contributed by atoms with E-state index in [2.05, 4.69) is 15.3 Å². The number of benzene rings is 2. The van der Waals surface area contributed by atoms with Crippen molar-refractivity contribution >= 4 is 32.2 Å². The fraction of sp³-hybridized carbons (Fsp3) is 0.192. The molecule has 4 aromatic rings. The molecule has 2 aromatic heterocycles. The van der Waals surface area contributed by atoms with Crippen LogP contribution in [-0.2, 0) is 20.8 Å². The van der Waals surface area contributed by atoms with Crippen molar-refractivity contribution < 1.29 is 44.6 Å². The number of amides is 1. The summed E-state index contributed by atoms with van der Waals surface area (Å²) < 4.78 is 102. The van der Waals surface area contributed by atoms with Crippen LogP contribution in [0.25, 0.3) is 0 Å². The molecular formula is C26H18F5N3O5S2. The van der Waals surface area contributed by atoms with Crippen LogP contribution in [0, 0.1) is 11.6 Å². The minimum Gasteiger partial charge on any atom is -0.473 e. The van der Waals surface area contributed by atoms with Gasteiger partial charge in [0.25, 0.3) is 5.91 Å². The van der Waals surface area contributed by atoms with Crippen LogP contribution in [0.4, 0.5) is 27.1 Å². The van der Waals surface area contributed by atoms with Gasteiger partial charge in [0.05, 0.1) is 21.9 Å². The molecule has 1 N–H and O–H groups in total. The lowest BCUT2D eigenvalue weighted by atomic mass is 10.1. The van der Waals surface area contributed by atoms with Gasteiger partial charge in [-0.05, 0) is 43.2 Å². The van der Waals surface area contributed by atoms with Crippen molar-refractivity contribution in [1.82, 2.24) is 9.97 Å². The minimum absolute atomic E-state index is 0.00183. The normalized spacial score (nSPS) is 14.4. The van der Waals surface area contributed by atoms with Crippen LogP contribution >= 0.6 is 11.3 Å². The number of rotatable bonds is 9. The molecule has 1 aliphatic carbocycles. The summed E-state index contributed by atoms with van der Waals surface area (Å²) in [6.45, 7) is 0. The zero-order valence-corrected chi connectivity index (χ0v) is 22.2. The van der Waals surface area contributed by atoms with Crippen molar-refractivity contribution in [2.45, 2.75) is 35.3 Å². The summed E-state index contributed by atoms with van der Waals surface area (Å²) in [7, 11) is -3.51. The molecule has 1 unspecified atom stereocenters. The van der Waals surface area contributed by atoms with Crippen molar-refractivity contribution in [1.29, 1.82) is 0 Å². The maximum atomic E-state index is 14.4. The van der Waals surface area contributed by atoms with Crippen LogP contribution < -0.4 is 14.8 Å². The Bertz CT molecular complexity index is 1670. The van der Waals surface area contributed by atoms with Crippen molar-refractivity contribution in [2.24, 2.45) is 0 Å². The van der Waals surface area contributed by atoms with E-state index in [1.807, 2.05) is 0 Å². The van der Waals surface area contributed by atoms with Gasteiger partial charge in [-0.1, -0.05) is 23.5 Å². The summed E-state index contributed by atoms with van der Waals surface area (Å²) in [6, 6.07) is 9.69. The summed E-state index contributed by atoms with van der Waals surface area (Å²) in [6.07, 6.45) is -3.14. The second kappa shape index (κ2) is 11.0. The number of aromatic nitrogens is 2. The zero-order chi connectivity index (χ0) is 29.4. The van der Waals surface area contributed by atoms with Crippen LogP contribution in [0.15, 0.2) is 71.9 Å². The number of carbonyl (C=O) groups excluding carboxylic acids is 1. The summed E-state index contributed by atoms with van der Waals surface area (Å²) in [5.74, 6) is -3.33. The van der Waals surface area contributed by atoms with E-state index in [4.69, 9.17) is 9.47 Å². The molecule has 0 bridgehead atoms. The van der Waals surface area contributed by atoms with E-state index >= 15 is 0 Å². The lowest BCUT2D eigenvalue weighted by molar-refractivity contribution is -0.137. The van der Waals surface area contributed by atoms with E-state index in [0.29, 0.717) is 25.1 Å². The second-order valence-electron chi connectivity index (χ2n) is 8.84. The van der Waals surface area contributed by atoms with Crippen LogP contribution in [0.5, 0.6) is 16.7 Å². The zero-order valence-electron chi connectivity index (χ0n) is 20.6. The van der Waals surface area contributed by atoms with Gasteiger partial charge >= 0.3 is 6.18 Å². The molecular weight excluding hydrogens is 593 g/mol. The third-order valence-corrected chi connectivity index (χ3v) is 8.90. The minimum atomic E-state index is -4.56. The number of halogens is 5. The van der Waals surface area contributed by atoms with E-state index in [0.717, 1.165) is 35.6 Å². The highest BCUT2D eigenvalue weighted by Gasteiger charge is 2.37. The number of hydrogen-bond donors (Lipinski definition) is 1. The molecule has 1 amide bonds. The molecule has 0 saturated heterocycles. The first-order chi connectivity index (χ1) is 19.4. The molecule has 1 saturated carbocycles. The molecule has 0 radical (unpaired) electrons. The molecule has 15 heteroatoms. The Kier molecular flexibility index (Phi) is 7.66. The standard InChI is InChI=1S/C26H18F5N3O5S2/c27-16-4-9-20(19(28)11-16)38-23(14-1-5-17(6-2-14)41(36,37)18-7-8-18)24(35)34-25-33-13-22(40-25)39-21-10-3-15(12-32-21)26(29,30)31/h1-6,9-13,18,23H,7-8H2,(H,33,34,35). The van der Waals surface area contributed by atoms with E-state index in [9.17, 15) is 35.2 Å². The lowest BCUT2D eigenvalue weighted by Crippen LogP contribution is -2.26. The van der Waals surface area contributed by atoms with Crippen LogP contribution in [0.2, 0.25) is 0 Å². The second-order valence-corrected chi connectivity index (χ2v) is 12.1. The molecule has 2 aromatic carbocycles. The van der Waals surface area contributed by atoms with Gasteiger partial charge in [0.2, 0.25) is 17.0 Å². The molecule has 1 aliphatic rings. The molecule has 1 fully saturated rings. The molecule has 41 heavy (non-hydrogen) atoms. The number of ether oxygens (including phenoxy) is 2. The lowest BCUT2D eigenvalue weighted by Gasteiger charge is -2.19. The van der Waals surface area contributed by atoms with Gasteiger partial charge < -0.3 is 9.47 Å². The number of thiazole rings is 1. The van der Waals surface area contributed by atoms with Gasteiger partial charge in [-0.15, -0.1) is 0 Å². The smallest absolute Gasteiger partial charge is 0.417 e. The van der Waals surface area contributed by atoms with Crippen LogP contribution in [0.1, 0.15) is 30.1 Å². The highest BCUT2D eigenvalue weighted by Crippen LogP contribution is 2.36. The Labute approximate surface area is 233 Å². The monoisotopic (exact) mass is 611 g/mol. The van der Waals surface area contributed by atoms with E-state index < -0.39 is 56.2 Å². The quantitative estimate of drug-likeness (QED) is 0.221. The highest BCUT2D eigenvalue weighted by atomic mass is 32.2. The average Bonchev–Trinajstić information content (AvgIpc) is 3.70. The SMILES string of the molecule is O=C(Nc1ncc(Oc2ccc(C(F)(F)F)cn2)s1)C(Oc1ccc(F)cc1F)c1ccc(S(=O)(=O)C2CC2)cc1. The predicted octanol–water partition coefficient (Wildman–Crippen LogP) is 6.32. The van der Waals surface area contributed by atoms with Gasteiger partial charge in [0.1, 0.15) is 5.82 Å². The fourth-order valence-corrected chi connectivity index (χ4v) is 5.96. The maximum Gasteiger partial charge on any atom is 0.417 e. The van der Waals surface area contributed by atoms with Crippen LogP contribution in [0.3, 0.4) is 0 Å². The molecule has 8 nitrogen and oxygen atoms in total. The molecule has 0 spiro atoms. The summed E-state index contributed by atoms with van der Waals surface area (Å²) in [4.78, 5) is 20.9. The highest BCUT2D eigenvalue weighted by molar-refractivity contribution is 7.92. The Balaban J connectivity index is 1.35. The number of carbonyl (C=O) groups is 1. The summed E-state index contributed by atoms with van der Waals surface area (Å²) in [5, 5.41) is 2.12. The third kappa shape index (κ3) is 6.62. The van der Waals surface area contributed by atoms with Gasteiger partial charge in [0.15, 0.2) is 26.5 Å². The number of nitrogens with one attached hydrogen (secondary N) is 1. The molecule has 0 aliphatic heterocycles. The first-order valence-electron chi connectivity index (χ1n) is 11.8. The molecule has 5 rings (SSSR count). The average molecular weight is 612 g/mol. The van der Waals surface area contributed by atoms with Crippen molar-refractivity contribution in [3.05, 3.63) is 89.8 Å². The van der Waals surface area contributed by atoms with E-state index in [1.165, 1.54) is 30.5 Å². The number of anilines is 1. The molecule has 214 valence electrons. The largest absolute Gasteiger partial charge is 0.473 e. The number of pyridine rings is 1. The Morgan fingerprint density at radius 2 is 1.73 bits per heavy atom. The van der Waals surface area contributed by atoms with Gasteiger partial charge in [-0.3, -0.25) is 10.1 Å². The number of nitrogens with zero attached hydrogens (tertiary/aromatic N) is 2. The van der Waals surface area contributed by atoms with Crippen molar-refractivity contribution in [3.63, 3.8) is 0 Å². The van der Waals surface area contributed by atoms with E-state index in [1.54, 1.807) is 0 Å². The van der Waals surface area contributed by atoms with Crippen LogP contribution in [-0.4, -0.2) is 29.5 Å².